The number of aryl methyl sites for hydroxylation is 1. The number of nitrogens with one attached hydrogen (secondary N) is 1. The second-order valence-electron chi connectivity index (χ2n) is 9.29. The minimum Gasteiger partial charge on any atom is -0.504 e. The Morgan fingerprint density at radius 1 is 1.14 bits per heavy atom. The van der Waals surface area contributed by atoms with Crippen molar-refractivity contribution in [3.63, 3.8) is 0 Å². The van der Waals surface area contributed by atoms with Crippen molar-refractivity contribution in [3.05, 3.63) is 75.6 Å². The molecule has 1 fully saturated rings. The Labute approximate surface area is 212 Å². The average molecular weight is 507 g/mol. The van der Waals surface area contributed by atoms with Crippen LogP contribution < -0.4 is 16.7 Å². The maximum Gasteiger partial charge on any atom is 0.333 e. The van der Waals surface area contributed by atoms with Crippen molar-refractivity contribution in [1.29, 1.82) is 0 Å². The zero-order chi connectivity index (χ0) is 25.4. The summed E-state index contributed by atoms with van der Waals surface area (Å²) in [6.45, 7) is 2.36. The smallest absolute Gasteiger partial charge is 0.333 e. The lowest BCUT2D eigenvalue weighted by Gasteiger charge is -2.29. The SMILES string of the molecule is Cc1ncc(Cl)cc1C(=O)N[C@H]1CC[C@H](Cn2c(=O)n(-c3cnc(N)c(O)c3)c3ccccc32)CC1. The second kappa shape index (κ2) is 9.66. The Morgan fingerprint density at radius 3 is 2.58 bits per heavy atom. The Bertz CT molecular complexity index is 1500. The number of nitrogen functional groups attached to an aromatic ring is 1. The first-order valence-corrected chi connectivity index (χ1v) is 12.3. The summed E-state index contributed by atoms with van der Waals surface area (Å²) in [5.41, 5.74) is 8.60. The summed E-state index contributed by atoms with van der Waals surface area (Å²) in [6.07, 6.45) is 6.43. The first-order valence-electron chi connectivity index (χ1n) is 11.9. The van der Waals surface area contributed by atoms with Gasteiger partial charge in [-0.1, -0.05) is 23.7 Å². The fourth-order valence-electron chi connectivity index (χ4n) is 4.96. The number of hydrogen-bond donors (Lipinski definition) is 3. The fraction of sp³-hybridized carbons (Fsp3) is 0.308. The van der Waals surface area contributed by atoms with Crippen LogP contribution in [-0.2, 0) is 6.54 Å². The first-order chi connectivity index (χ1) is 17.3. The highest BCUT2D eigenvalue weighted by Gasteiger charge is 2.26. The number of aromatic hydroxyl groups is 1. The number of para-hydroxylation sites is 2. The molecule has 1 aliphatic carbocycles. The molecule has 0 radical (unpaired) electrons. The zero-order valence-corrected chi connectivity index (χ0v) is 20.6. The van der Waals surface area contributed by atoms with Crippen LogP contribution in [0.15, 0.2) is 53.6 Å². The highest BCUT2D eigenvalue weighted by molar-refractivity contribution is 6.30. The number of aromatic nitrogens is 4. The summed E-state index contributed by atoms with van der Waals surface area (Å²) in [6, 6.07) is 10.7. The highest BCUT2D eigenvalue weighted by Crippen LogP contribution is 2.28. The number of hydrogen-bond acceptors (Lipinski definition) is 6. The molecule has 186 valence electrons. The maximum atomic E-state index is 13.5. The van der Waals surface area contributed by atoms with Crippen molar-refractivity contribution in [3.8, 4) is 11.4 Å². The van der Waals surface area contributed by atoms with E-state index in [0.29, 0.717) is 34.4 Å². The molecule has 36 heavy (non-hydrogen) atoms. The molecule has 1 amide bonds. The molecule has 0 aliphatic heterocycles. The van der Waals surface area contributed by atoms with E-state index in [4.69, 9.17) is 17.3 Å². The van der Waals surface area contributed by atoms with E-state index in [-0.39, 0.29) is 29.2 Å². The third-order valence-electron chi connectivity index (χ3n) is 6.90. The molecule has 5 rings (SSSR count). The van der Waals surface area contributed by atoms with Crippen molar-refractivity contribution in [2.24, 2.45) is 5.92 Å². The Kier molecular flexibility index (Phi) is 6.40. The molecule has 0 bridgehead atoms. The number of carbonyl (C=O) groups is 1. The van der Waals surface area contributed by atoms with Crippen LogP contribution in [0.25, 0.3) is 16.7 Å². The molecule has 0 saturated heterocycles. The van der Waals surface area contributed by atoms with Gasteiger partial charge in [0.1, 0.15) is 0 Å². The normalized spacial score (nSPS) is 17.8. The Hall–Kier alpha value is -3.85. The van der Waals surface area contributed by atoms with Crippen molar-refractivity contribution < 1.29 is 9.90 Å². The molecule has 4 N–H and O–H groups in total. The van der Waals surface area contributed by atoms with Gasteiger partial charge in [0.05, 0.1) is 39.2 Å². The van der Waals surface area contributed by atoms with Gasteiger partial charge >= 0.3 is 5.69 Å². The molecule has 4 aromatic rings. The molecule has 9 nitrogen and oxygen atoms in total. The van der Waals surface area contributed by atoms with Gasteiger partial charge in [0.25, 0.3) is 5.91 Å². The minimum absolute atomic E-state index is 0.0150. The van der Waals surface area contributed by atoms with Gasteiger partial charge in [0, 0.05) is 24.8 Å². The van der Waals surface area contributed by atoms with Crippen molar-refractivity contribution >= 4 is 34.4 Å². The van der Waals surface area contributed by atoms with Gasteiger partial charge in [0.2, 0.25) is 0 Å². The lowest BCUT2D eigenvalue weighted by atomic mass is 9.85. The summed E-state index contributed by atoms with van der Waals surface area (Å²) in [4.78, 5) is 34.4. The second-order valence-corrected chi connectivity index (χ2v) is 9.73. The van der Waals surface area contributed by atoms with Crippen molar-refractivity contribution in [2.75, 3.05) is 5.73 Å². The molecule has 0 spiro atoms. The largest absolute Gasteiger partial charge is 0.504 e. The van der Waals surface area contributed by atoms with Crippen LogP contribution >= 0.6 is 11.6 Å². The summed E-state index contributed by atoms with van der Waals surface area (Å²) in [5.74, 6) is -0.0188. The number of pyridine rings is 2. The van der Waals surface area contributed by atoms with Crippen LogP contribution in [0.4, 0.5) is 5.82 Å². The monoisotopic (exact) mass is 506 g/mol. The molecule has 1 saturated carbocycles. The molecule has 10 heteroatoms. The van der Waals surface area contributed by atoms with E-state index >= 15 is 0 Å². The molecule has 3 heterocycles. The van der Waals surface area contributed by atoms with Gasteiger partial charge < -0.3 is 16.2 Å². The predicted octanol–water partition coefficient (Wildman–Crippen LogP) is 3.82. The fourth-order valence-corrected chi connectivity index (χ4v) is 5.12. The predicted molar refractivity (Wildman–Crippen MR) is 139 cm³/mol. The van der Waals surface area contributed by atoms with E-state index in [2.05, 4.69) is 15.3 Å². The molecule has 0 unspecified atom stereocenters. The average Bonchev–Trinajstić information content (AvgIpc) is 3.14. The first kappa shape index (κ1) is 23.9. The van der Waals surface area contributed by atoms with Gasteiger partial charge in [0.15, 0.2) is 11.6 Å². The Morgan fingerprint density at radius 2 is 1.86 bits per heavy atom. The summed E-state index contributed by atoms with van der Waals surface area (Å²) in [5, 5.41) is 13.6. The number of carbonyl (C=O) groups excluding carboxylic acids is 1. The highest BCUT2D eigenvalue weighted by atomic mass is 35.5. The van der Waals surface area contributed by atoms with Gasteiger partial charge in [-0.15, -0.1) is 0 Å². The van der Waals surface area contributed by atoms with Crippen LogP contribution in [0, 0.1) is 12.8 Å². The Balaban J connectivity index is 1.32. The quantitative estimate of drug-likeness (QED) is 0.377. The minimum atomic E-state index is -0.193. The summed E-state index contributed by atoms with van der Waals surface area (Å²) in [7, 11) is 0. The molecule has 0 atom stereocenters. The van der Waals surface area contributed by atoms with Gasteiger partial charge in [-0.3, -0.25) is 18.9 Å². The van der Waals surface area contributed by atoms with Crippen molar-refractivity contribution in [2.45, 2.75) is 45.2 Å². The number of amides is 1. The van der Waals surface area contributed by atoms with Crippen LogP contribution in [0.5, 0.6) is 5.75 Å². The van der Waals surface area contributed by atoms with E-state index in [1.54, 1.807) is 22.1 Å². The zero-order valence-electron chi connectivity index (χ0n) is 19.8. The number of fused-ring (bicyclic) bond motifs is 1. The molecular weight excluding hydrogens is 480 g/mol. The summed E-state index contributed by atoms with van der Waals surface area (Å²) >= 11 is 6.02. The van der Waals surface area contributed by atoms with Gasteiger partial charge in [-0.25, -0.2) is 9.78 Å². The maximum absolute atomic E-state index is 13.5. The van der Waals surface area contributed by atoms with Gasteiger partial charge in [-0.2, -0.15) is 0 Å². The number of nitrogens with two attached hydrogens (primary N) is 1. The number of nitrogens with zero attached hydrogens (tertiary/aromatic N) is 4. The van der Waals surface area contributed by atoms with E-state index in [1.165, 1.54) is 18.5 Å². The molecule has 3 aromatic heterocycles. The topological polar surface area (TPSA) is 128 Å². The lowest BCUT2D eigenvalue weighted by Crippen LogP contribution is -2.39. The van der Waals surface area contributed by atoms with Crippen molar-refractivity contribution in [1.82, 2.24) is 24.4 Å². The van der Waals surface area contributed by atoms with E-state index in [1.807, 2.05) is 24.3 Å². The lowest BCUT2D eigenvalue weighted by molar-refractivity contribution is 0.0919. The third kappa shape index (κ3) is 4.54. The standard InChI is InChI=1S/C26H27ClN6O3/c1-15-20(10-17(27)12-29-15)25(35)31-18-8-6-16(7-9-18)14-32-21-4-2-3-5-22(21)33(26(32)36)19-11-23(34)24(28)30-13-19/h2-5,10-13,16,18,34H,6-9,14H2,1H3,(H2,28,30)(H,31,35)/t16-,18-. The molecule has 1 aliphatic rings. The number of imidazole rings is 1. The third-order valence-corrected chi connectivity index (χ3v) is 7.10. The molecular formula is C26H27ClN6O3. The van der Waals surface area contributed by atoms with Crippen LogP contribution in [0.2, 0.25) is 5.02 Å². The van der Waals surface area contributed by atoms with Crippen LogP contribution in [-0.4, -0.2) is 36.2 Å². The molecule has 1 aromatic carbocycles. The van der Waals surface area contributed by atoms with Gasteiger partial charge in [-0.05, 0) is 56.7 Å². The number of rotatable bonds is 5. The van der Waals surface area contributed by atoms with Crippen LogP contribution in [0.3, 0.4) is 0 Å². The summed E-state index contributed by atoms with van der Waals surface area (Å²) < 4.78 is 3.34. The number of halogens is 1. The van der Waals surface area contributed by atoms with E-state index < -0.39 is 0 Å². The number of anilines is 1. The number of benzene rings is 1. The van der Waals surface area contributed by atoms with E-state index in [0.717, 1.165) is 36.7 Å². The van der Waals surface area contributed by atoms with Crippen LogP contribution in [0.1, 0.15) is 41.7 Å². The van der Waals surface area contributed by atoms with E-state index in [9.17, 15) is 14.7 Å².